The molecule has 0 spiro atoms. The summed E-state index contributed by atoms with van der Waals surface area (Å²) >= 11 is 0. The van der Waals surface area contributed by atoms with Crippen molar-refractivity contribution in [3.8, 4) is 0 Å². The highest BCUT2D eigenvalue weighted by Gasteiger charge is 2.16. The van der Waals surface area contributed by atoms with Gasteiger partial charge in [0.25, 0.3) is 0 Å². The van der Waals surface area contributed by atoms with Gasteiger partial charge in [0.2, 0.25) is 0 Å². The van der Waals surface area contributed by atoms with E-state index in [1.807, 2.05) is 0 Å². The number of nitrogens with two attached hydrogens (primary N) is 1. The molecule has 0 saturated carbocycles. The van der Waals surface area contributed by atoms with Crippen molar-refractivity contribution in [2.24, 2.45) is 5.73 Å². The zero-order valence-electron chi connectivity index (χ0n) is 12.0. The maximum Gasteiger partial charge on any atom is 0.0470 e. The van der Waals surface area contributed by atoms with Crippen LogP contribution in [0.2, 0.25) is 0 Å². The van der Waals surface area contributed by atoms with E-state index < -0.39 is 0 Å². The van der Waals surface area contributed by atoms with Crippen LogP contribution in [0.1, 0.15) is 24.9 Å². The maximum atomic E-state index is 5.96. The van der Waals surface area contributed by atoms with Gasteiger partial charge in [0.15, 0.2) is 0 Å². The Bertz CT molecular complexity index is 311. The van der Waals surface area contributed by atoms with Gasteiger partial charge in [-0.3, -0.25) is 4.90 Å². The summed E-state index contributed by atoms with van der Waals surface area (Å²) in [6, 6.07) is 10.9. The third kappa shape index (κ3) is 4.77. The first-order valence-corrected chi connectivity index (χ1v) is 6.82. The van der Waals surface area contributed by atoms with Crippen LogP contribution in [0.25, 0.3) is 0 Å². The molecule has 1 rings (SSSR count). The van der Waals surface area contributed by atoms with Crippen LogP contribution >= 0.6 is 0 Å². The van der Waals surface area contributed by atoms with E-state index in [2.05, 4.69) is 61.2 Å². The molecule has 0 aliphatic carbocycles. The second kappa shape index (κ2) is 8.25. The number of likely N-dealkylation sites (N-methyl/N-ethyl adjacent to an activating group) is 1. The van der Waals surface area contributed by atoms with Gasteiger partial charge < -0.3 is 10.6 Å². The molecule has 0 saturated heterocycles. The van der Waals surface area contributed by atoms with Crippen molar-refractivity contribution in [2.75, 3.05) is 40.3 Å². The molecule has 0 bridgehead atoms. The average Bonchev–Trinajstić information content (AvgIpc) is 2.38. The van der Waals surface area contributed by atoms with E-state index in [4.69, 9.17) is 5.73 Å². The fourth-order valence-electron chi connectivity index (χ4n) is 2.30. The summed E-state index contributed by atoms with van der Waals surface area (Å²) in [5.41, 5.74) is 7.29. The number of rotatable bonds is 8. The van der Waals surface area contributed by atoms with Gasteiger partial charge in [0, 0.05) is 19.1 Å². The number of hydrogen-bond acceptors (Lipinski definition) is 3. The molecule has 3 heteroatoms. The van der Waals surface area contributed by atoms with Gasteiger partial charge in [-0.25, -0.2) is 0 Å². The van der Waals surface area contributed by atoms with Crippen molar-refractivity contribution in [1.82, 2.24) is 9.80 Å². The van der Waals surface area contributed by atoms with E-state index in [0.717, 1.165) is 19.6 Å². The molecule has 0 aliphatic rings. The van der Waals surface area contributed by atoms with Crippen LogP contribution in [0.5, 0.6) is 0 Å². The normalized spacial score (nSPS) is 13.2. The minimum absolute atomic E-state index is 0.346. The zero-order valence-corrected chi connectivity index (χ0v) is 12.0. The number of nitrogens with zero attached hydrogens (tertiary/aromatic N) is 2. The zero-order chi connectivity index (χ0) is 13.4. The van der Waals surface area contributed by atoms with Crippen molar-refractivity contribution >= 4 is 0 Å². The number of benzene rings is 1. The molecule has 0 aromatic heterocycles. The standard InChI is InChI=1S/C15H27N3/c1-4-18(12-8-11-17(2)3)15(13-16)14-9-6-5-7-10-14/h5-7,9-10,15H,4,8,11-13,16H2,1-3H3. The molecule has 0 radical (unpaired) electrons. The van der Waals surface area contributed by atoms with Gasteiger partial charge in [0.05, 0.1) is 0 Å². The van der Waals surface area contributed by atoms with Gasteiger partial charge >= 0.3 is 0 Å². The lowest BCUT2D eigenvalue weighted by Gasteiger charge is -2.30. The Hall–Kier alpha value is -0.900. The van der Waals surface area contributed by atoms with Crippen LogP contribution < -0.4 is 5.73 Å². The van der Waals surface area contributed by atoms with Crippen molar-refractivity contribution in [2.45, 2.75) is 19.4 Å². The lowest BCUT2D eigenvalue weighted by atomic mass is 10.1. The Morgan fingerprint density at radius 3 is 2.28 bits per heavy atom. The Morgan fingerprint density at radius 1 is 1.11 bits per heavy atom. The van der Waals surface area contributed by atoms with E-state index in [1.54, 1.807) is 0 Å². The van der Waals surface area contributed by atoms with E-state index in [1.165, 1.54) is 12.0 Å². The first kappa shape index (κ1) is 15.2. The highest BCUT2D eigenvalue weighted by Crippen LogP contribution is 2.19. The largest absolute Gasteiger partial charge is 0.329 e. The van der Waals surface area contributed by atoms with Gasteiger partial charge in [-0.05, 0) is 39.2 Å². The highest BCUT2D eigenvalue weighted by atomic mass is 15.2. The molecule has 1 atom stereocenters. The minimum atomic E-state index is 0.346. The summed E-state index contributed by atoms with van der Waals surface area (Å²) in [5, 5.41) is 0. The van der Waals surface area contributed by atoms with Crippen LogP contribution in [-0.2, 0) is 0 Å². The summed E-state index contributed by atoms with van der Waals surface area (Å²) in [6.45, 7) is 6.17. The van der Waals surface area contributed by atoms with Crippen molar-refractivity contribution in [3.63, 3.8) is 0 Å². The van der Waals surface area contributed by atoms with E-state index in [-0.39, 0.29) is 0 Å². The third-order valence-corrected chi connectivity index (χ3v) is 3.31. The third-order valence-electron chi connectivity index (χ3n) is 3.31. The first-order chi connectivity index (χ1) is 8.69. The van der Waals surface area contributed by atoms with Crippen LogP contribution in [0, 0.1) is 0 Å². The summed E-state index contributed by atoms with van der Waals surface area (Å²) in [7, 11) is 4.24. The SMILES string of the molecule is CCN(CCCN(C)C)C(CN)c1ccccc1. The topological polar surface area (TPSA) is 32.5 Å². The maximum absolute atomic E-state index is 5.96. The fourth-order valence-corrected chi connectivity index (χ4v) is 2.30. The second-order valence-electron chi connectivity index (χ2n) is 4.95. The summed E-state index contributed by atoms with van der Waals surface area (Å²) in [4.78, 5) is 4.70. The Kier molecular flexibility index (Phi) is 6.94. The molecule has 1 unspecified atom stereocenters. The molecule has 0 amide bonds. The highest BCUT2D eigenvalue weighted by molar-refractivity contribution is 5.19. The Labute approximate surface area is 112 Å². The summed E-state index contributed by atoms with van der Waals surface area (Å²) in [6.07, 6.45) is 1.18. The smallest absolute Gasteiger partial charge is 0.0470 e. The van der Waals surface area contributed by atoms with Crippen LogP contribution in [0.3, 0.4) is 0 Å². The predicted molar refractivity (Wildman–Crippen MR) is 78.7 cm³/mol. The van der Waals surface area contributed by atoms with Crippen molar-refractivity contribution in [3.05, 3.63) is 35.9 Å². The predicted octanol–water partition coefficient (Wildman–Crippen LogP) is 1.96. The number of hydrogen-bond donors (Lipinski definition) is 1. The molecule has 18 heavy (non-hydrogen) atoms. The monoisotopic (exact) mass is 249 g/mol. The second-order valence-corrected chi connectivity index (χ2v) is 4.95. The Balaban J connectivity index is 2.60. The quantitative estimate of drug-likeness (QED) is 0.764. The lowest BCUT2D eigenvalue weighted by Crippen LogP contribution is -2.35. The van der Waals surface area contributed by atoms with Crippen LogP contribution in [0.4, 0.5) is 0 Å². The molecular weight excluding hydrogens is 222 g/mol. The van der Waals surface area contributed by atoms with E-state index >= 15 is 0 Å². The Morgan fingerprint density at radius 2 is 1.78 bits per heavy atom. The van der Waals surface area contributed by atoms with E-state index in [0.29, 0.717) is 12.6 Å². The molecular formula is C15H27N3. The van der Waals surface area contributed by atoms with E-state index in [9.17, 15) is 0 Å². The molecule has 0 heterocycles. The van der Waals surface area contributed by atoms with Crippen molar-refractivity contribution in [1.29, 1.82) is 0 Å². The van der Waals surface area contributed by atoms with Gasteiger partial charge in [-0.2, -0.15) is 0 Å². The summed E-state index contributed by atoms with van der Waals surface area (Å²) in [5.74, 6) is 0. The molecule has 3 nitrogen and oxygen atoms in total. The molecule has 2 N–H and O–H groups in total. The molecule has 0 aliphatic heterocycles. The lowest BCUT2D eigenvalue weighted by molar-refractivity contribution is 0.201. The van der Waals surface area contributed by atoms with Gasteiger partial charge in [-0.15, -0.1) is 0 Å². The van der Waals surface area contributed by atoms with Crippen LogP contribution in [0.15, 0.2) is 30.3 Å². The first-order valence-electron chi connectivity index (χ1n) is 6.82. The minimum Gasteiger partial charge on any atom is -0.329 e. The molecule has 1 aromatic rings. The molecule has 1 aromatic carbocycles. The van der Waals surface area contributed by atoms with Crippen molar-refractivity contribution < 1.29 is 0 Å². The van der Waals surface area contributed by atoms with Gasteiger partial charge in [-0.1, -0.05) is 37.3 Å². The van der Waals surface area contributed by atoms with Gasteiger partial charge in [0.1, 0.15) is 0 Å². The van der Waals surface area contributed by atoms with Crippen LogP contribution in [-0.4, -0.2) is 50.1 Å². The average molecular weight is 249 g/mol. The molecule has 0 fully saturated rings. The fraction of sp³-hybridized carbons (Fsp3) is 0.600. The molecule has 102 valence electrons. The summed E-state index contributed by atoms with van der Waals surface area (Å²) < 4.78 is 0.